The molecule has 1 aromatic carbocycles. The molecule has 0 aromatic heterocycles. The standard InChI is InChI=1S/C21H29N3O/c25-21(22-16-9-10-16)18-13-15-5-1-4-8-19(15)24-12-11-23(14-20(18)24)17-6-2-3-7-17/h1,4-5,8,16-18,20H,2-3,6-7,9-14H2,(H,22,25). The molecule has 2 heterocycles. The molecule has 1 N–H and O–H groups in total. The fourth-order valence-corrected chi connectivity index (χ4v) is 5.22. The molecule has 2 atom stereocenters. The van der Waals surface area contributed by atoms with E-state index in [9.17, 15) is 4.79 Å². The quantitative estimate of drug-likeness (QED) is 0.919. The predicted molar refractivity (Wildman–Crippen MR) is 99.8 cm³/mol. The Balaban J connectivity index is 1.42. The second-order valence-electron chi connectivity index (χ2n) is 8.42. The second kappa shape index (κ2) is 6.31. The van der Waals surface area contributed by atoms with Gasteiger partial charge in [-0.3, -0.25) is 9.69 Å². The van der Waals surface area contributed by atoms with E-state index in [-0.39, 0.29) is 5.92 Å². The summed E-state index contributed by atoms with van der Waals surface area (Å²) in [6.07, 6.45) is 8.68. The van der Waals surface area contributed by atoms with Crippen LogP contribution in [0.15, 0.2) is 24.3 Å². The Hall–Kier alpha value is -1.55. The van der Waals surface area contributed by atoms with E-state index >= 15 is 0 Å². The van der Waals surface area contributed by atoms with Crippen LogP contribution >= 0.6 is 0 Å². The van der Waals surface area contributed by atoms with Crippen molar-refractivity contribution in [1.82, 2.24) is 10.2 Å². The van der Waals surface area contributed by atoms with Gasteiger partial charge in [0.25, 0.3) is 0 Å². The molecule has 0 spiro atoms. The molecule has 4 nitrogen and oxygen atoms in total. The lowest BCUT2D eigenvalue weighted by atomic mass is 9.83. The number of benzene rings is 1. The van der Waals surface area contributed by atoms with Crippen LogP contribution in [0, 0.1) is 5.92 Å². The van der Waals surface area contributed by atoms with E-state index in [0.29, 0.717) is 18.0 Å². The van der Waals surface area contributed by atoms with Crippen molar-refractivity contribution in [1.29, 1.82) is 0 Å². The number of carbonyl (C=O) groups excluding carboxylic acids is 1. The maximum Gasteiger partial charge on any atom is 0.225 e. The van der Waals surface area contributed by atoms with Crippen LogP contribution < -0.4 is 10.2 Å². The molecule has 2 unspecified atom stereocenters. The van der Waals surface area contributed by atoms with Crippen LogP contribution in [0.5, 0.6) is 0 Å². The number of rotatable bonds is 3. The number of amides is 1. The highest BCUT2D eigenvalue weighted by atomic mass is 16.2. The van der Waals surface area contributed by atoms with Crippen LogP contribution in [0.1, 0.15) is 44.1 Å². The van der Waals surface area contributed by atoms with Crippen LogP contribution in [0.4, 0.5) is 5.69 Å². The summed E-state index contributed by atoms with van der Waals surface area (Å²) < 4.78 is 0. The summed E-state index contributed by atoms with van der Waals surface area (Å²) >= 11 is 0. The van der Waals surface area contributed by atoms with Gasteiger partial charge in [-0.25, -0.2) is 0 Å². The summed E-state index contributed by atoms with van der Waals surface area (Å²) in [5.41, 5.74) is 2.72. The second-order valence-corrected chi connectivity index (χ2v) is 8.42. The average molecular weight is 339 g/mol. The number of piperazine rings is 1. The first kappa shape index (κ1) is 15.7. The minimum atomic E-state index is 0.0969. The van der Waals surface area contributed by atoms with Crippen molar-refractivity contribution in [3.05, 3.63) is 29.8 Å². The van der Waals surface area contributed by atoms with E-state index in [1.807, 2.05) is 0 Å². The predicted octanol–water partition coefficient (Wildman–Crippen LogP) is 2.57. The lowest BCUT2D eigenvalue weighted by Crippen LogP contribution is -2.62. The Kier molecular flexibility index (Phi) is 3.96. The van der Waals surface area contributed by atoms with Crippen LogP contribution in [-0.4, -0.2) is 48.6 Å². The molecule has 2 aliphatic carbocycles. The molecular weight excluding hydrogens is 310 g/mol. The number of anilines is 1. The van der Waals surface area contributed by atoms with E-state index in [4.69, 9.17) is 0 Å². The summed E-state index contributed by atoms with van der Waals surface area (Å²) in [6, 6.07) is 10.3. The Morgan fingerprint density at radius 3 is 2.64 bits per heavy atom. The first-order valence-electron chi connectivity index (χ1n) is 10.2. The van der Waals surface area contributed by atoms with E-state index < -0.39 is 0 Å². The van der Waals surface area contributed by atoms with Crippen LogP contribution in [-0.2, 0) is 11.2 Å². The lowest BCUT2D eigenvalue weighted by molar-refractivity contribution is -0.126. The fourth-order valence-electron chi connectivity index (χ4n) is 5.22. The van der Waals surface area contributed by atoms with Gasteiger partial charge in [-0.15, -0.1) is 0 Å². The van der Waals surface area contributed by atoms with Crippen molar-refractivity contribution >= 4 is 11.6 Å². The number of hydrogen-bond acceptors (Lipinski definition) is 3. The molecule has 5 rings (SSSR count). The topological polar surface area (TPSA) is 35.6 Å². The smallest absolute Gasteiger partial charge is 0.225 e. The van der Waals surface area contributed by atoms with Gasteiger partial charge in [-0.05, 0) is 43.7 Å². The number of fused-ring (bicyclic) bond motifs is 3. The monoisotopic (exact) mass is 339 g/mol. The lowest BCUT2D eigenvalue weighted by Gasteiger charge is -2.50. The van der Waals surface area contributed by atoms with Gasteiger partial charge in [0.2, 0.25) is 5.91 Å². The zero-order valence-electron chi connectivity index (χ0n) is 15.0. The molecule has 134 valence electrons. The number of hydrogen-bond donors (Lipinski definition) is 1. The third-order valence-corrected chi connectivity index (χ3v) is 6.76. The highest BCUT2D eigenvalue weighted by Gasteiger charge is 2.43. The zero-order valence-corrected chi connectivity index (χ0v) is 15.0. The summed E-state index contributed by atoms with van der Waals surface area (Å²) in [4.78, 5) is 18.2. The van der Waals surface area contributed by atoms with Crippen molar-refractivity contribution in [3.8, 4) is 0 Å². The van der Waals surface area contributed by atoms with Gasteiger partial charge in [0, 0.05) is 37.4 Å². The Morgan fingerprint density at radius 1 is 1.04 bits per heavy atom. The maximum absolute atomic E-state index is 13.0. The van der Waals surface area contributed by atoms with Gasteiger partial charge >= 0.3 is 0 Å². The first-order chi connectivity index (χ1) is 12.3. The zero-order chi connectivity index (χ0) is 16.8. The third-order valence-electron chi connectivity index (χ3n) is 6.76. The normalized spacial score (nSPS) is 30.0. The van der Waals surface area contributed by atoms with E-state index in [1.165, 1.54) is 36.9 Å². The van der Waals surface area contributed by atoms with Crippen molar-refractivity contribution in [2.45, 2.75) is 63.1 Å². The maximum atomic E-state index is 13.0. The summed E-state index contributed by atoms with van der Waals surface area (Å²) in [5.74, 6) is 0.389. The molecule has 0 bridgehead atoms. The Morgan fingerprint density at radius 2 is 1.84 bits per heavy atom. The molecule has 4 heteroatoms. The van der Waals surface area contributed by atoms with Crippen LogP contribution in [0.25, 0.3) is 0 Å². The highest BCUT2D eigenvalue weighted by Crippen LogP contribution is 2.38. The van der Waals surface area contributed by atoms with Gasteiger partial charge in [0.15, 0.2) is 0 Å². The van der Waals surface area contributed by atoms with Gasteiger partial charge in [0.05, 0.1) is 12.0 Å². The van der Waals surface area contributed by atoms with Crippen LogP contribution in [0.2, 0.25) is 0 Å². The number of para-hydroxylation sites is 1. The number of nitrogens with one attached hydrogen (secondary N) is 1. The SMILES string of the molecule is O=C(NC1CC1)C1Cc2ccccc2N2CCN(C3CCCC3)CC12. The number of nitrogens with zero attached hydrogens (tertiary/aromatic N) is 2. The molecular formula is C21H29N3O. The molecule has 1 amide bonds. The minimum Gasteiger partial charge on any atom is -0.365 e. The average Bonchev–Trinajstić information content (AvgIpc) is 3.29. The van der Waals surface area contributed by atoms with Gasteiger partial charge < -0.3 is 10.2 Å². The number of carbonyl (C=O) groups is 1. The van der Waals surface area contributed by atoms with Gasteiger partial charge in [0.1, 0.15) is 0 Å². The van der Waals surface area contributed by atoms with Crippen LogP contribution in [0.3, 0.4) is 0 Å². The summed E-state index contributed by atoms with van der Waals surface area (Å²) in [6.45, 7) is 3.26. The molecule has 2 aliphatic heterocycles. The molecule has 25 heavy (non-hydrogen) atoms. The molecule has 0 radical (unpaired) electrons. The largest absolute Gasteiger partial charge is 0.365 e. The molecule has 2 saturated carbocycles. The van der Waals surface area contributed by atoms with Gasteiger partial charge in [-0.1, -0.05) is 31.0 Å². The van der Waals surface area contributed by atoms with Crippen molar-refractivity contribution in [2.24, 2.45) is 5.92 Å². The van der Waals surface area contributed by atoms with Crippen molar-refractivity contribution in [3.63, 3.8) is 0 Å². The third kappa shape index (κ3) is 2.95. The van der Waals surface area contributed by atoms with Crippen molar-refractivity contribution < 1.29 is 4.79 Å². The van der Waals surface area contributed by atoms with E-state index in [2.05, 4.69) is 39.4 Å². The van der Waals surface area contributed by atoms with Crippen molar-refractivity contribution in [2.75, 3.05) is 24.5 Å². The minimum absolute atomic E-state index is 0.0969. The van der Waals surface area contributed by atoms with E-state index in [1.54, 1.807) is 0 Å². The van der Waals surface area contributed by atoms with Gasteiger partial charge in [-0.2, -0.15) is 0 Å². The molecule has 1 aromatic rings. The Labute approximate surface area is 150 Å². The molecule has 1 saturated heterocycles. The Bertz CT molecular complexity index is 650. The summed E-state index contributed by atoms with van der Waals surface area (Å²) in [7, 11) is 0. The summed E-state index contributed by atoms with van der Waals surface area (Å²) in [5, 5.41) is 3.29. The molecule has 4 aliphatic rings. The molecule has 3 fully saturated rings. The first-order valence-corrected chi connectivity index (χ1v) is 10.2. The fraction of sp³-hybridized carbons (Fsp3) is 0.667. The van der Waals surface area contributed by atoms with E-state index in [0.717, 1.165) is 44.9 Å². The highest BCUT2D eigenvalue weighted by molar-refractivity contribution is 5.82.